The SMILES string of the molecule is COc1cc(/C=C(\C#N)C(=O)NC[C@H]2CCCO2)c([N+](=O)[O-])cc1OC. The number of nitrogens with one attached hydrogen (secondary N) is 1. The van der Waals surface area contributed by atoms with E-state index in [4.69, 9.17) is 14.2 Å². The van der Waals surface area contributed by atoms with Crippen molar-refractivity contribution >= 4 is 17.7 Å². The lowest BCUT2D eigenvalue weighted by atomic mass is 10.1. The third-order valence-electron chi connectivity index (χ3n) is 3.91. The van der Waals surface area contributed by atoms with Gasteiger partial charge in [-0.05, 0) is 25.0 Å². The van der Waals surface area contributed by atoms with Crippen LogP contribution in [0.25, 0.3) is 6.08 Å². The second kappa shape index (κ2) is 8.82. The molecule has 9 nitrogen and oxygen atoms in total. The van der Waals surface area contributed by atoms with E-state index < -0.39 is 10.8 Å². The van der Waals surface area contributed by atoms with Crippen LogP contribution in [0.3, 0.4) is 0 Å². The summed E-state index contributed by atoms with van der Waals surface area (Å²) in [5, 5.41) is 23.2. The second-order valence-electron chi connectivity index (χ2n) is 5.54. The molecule has 9 heteroatoms. The van der Waals surface area contributed by atoms with Gasteiger partial charge >= 0.3 is 0 Å². The van der Waals surface area contributed by atoms with Crippen LogP contribution in [0, 0.1) is 21.4 Å². The average molecular weight is 361 g/mol. The predicted molar refractivity (Wildman–Crippen MR) is 91.8 cm³/mol. The highest BCUT2D eigenvalue weighted by atomic mass is 16.6. The van der Waals surface area contributed by atoms with Gasteiger partial charge in [-0.1, -0.05) is 0 Å². The lowest BCUT2D eigenvalue weighted by molar-refractivity contribution is -0.385. The molecule has 26 heavy (non-hydrogen) atoms. The van der Waals surface area contributed by atoms with Gasteiger partial charge in [0.2, 0.25) is 0 Å². The quantitative estimate of drug-likeness (QED) is 0.340. The van der Waals surface area contributed by atoms with Gasteiger partial charge < -0.3 is 19.5 Å². The molecule has 1 aliphatic heterocycles. The van der Waals surface area contributed by atoms with Crippen LogP contribution in [0.15, 0.2) is 17.7 Å². The Bertz CT molecular complexity index is 762. The van der Waals surface area contributed by atoms with E-state index in [2.05, 4.69) is 5.32 Å². The number of amides is 1. The zero-order valence-corrected chi connectivity index (χ0v) is 14.5. The molecule has 0 aliphatic carbocycles. The molecule has 1 heterocycles. The number of nitrogens with zero attached hydrogens (tertiary/aromatic N) is 2. The zero-order chi connectivity index (χ0) is 19.1. The number of nitriles is 1. The summed E-state index contributed by atoms with van der Waals surface area (Å²) in [4.78, 5) is 22.9. The molecule has 0 unspecified atom stereocenters. The number of ether oxygens (including phenoxy) is 3. The Morgan fingerprint density at radius 2 is 2.15 bits per heavy atom. The smallest absolute Gasteiger partial charge is 0.280 e. The fourth-order valence-corrected chi connectivity index (χ4v) is 2.57. The number of nitro benzene ring substituents is 1. The minimum Gasteiger partial charge on any atom is -0.493 e. The Hall–Kier alpha value is -3.12. The summed E-state index contributed by atoms with van der Waals surface area (Å²) in [6, 6.07) is 4.30. The van der Waals surface area contributed by atoms with E-state index in [0.29, 0.717) is 6.61 Å². The fraction of sp³-hybridized carbons (Fsp3) is 0.412. The van der Waals surface area contributed by atoms with Crippen molar-refractivity contribution in [3.05, 3.63) is 33.4 Å². The summed E-state index contributed by atoms with van der Waals surface area (Å²) in [6.07, 6.45) is 2.85. The Morgan fingerprint density at radius 1 is 1.46 bits per heavy atom. The van der Waals surface area contributed by atoms with Gasteiger partial charge in [-0.2, -0.15) is 5.26 Å². The molecular formula is C17H19N3O6. The number of carbonyl (C=O) groups is 1. The van der Waals surface area contributed by atoms with Crippen LogP contribution in [0.2, 0.25) is 0 Å². The van der Waals surface area contributed by atoms with Crippen molar-refractivity contribution in [3.8, 4) is 17.6 Å². The number of carbonyl (C=O) groups excluding carboxylic acids is 1. The summed E-state index contributed by atoms with van der Waals surface area (Å²) in [7, 11) is 2.74. The standard InChI is InChI=1S/C17H19N3O6/c1-24-15-7-11(14(20(22)23)8-16(15)25-2)6-12(9-18)17(21)19-10-13-4-3-5-26-13/h6-8,13H,3-5,10H2,1-2H3,(H,19,21)/b12-6+/t13-/m1/s1. The maximum atomic E-state index is 12.2. The van der Waals surface area contributed by atoms with Gasteiger partial charge in [0.25, 0.3) is 11.6 Å². The van der Waals surface area contributed by atoms with Gasteiger partial charge in [0, 0.05) is 13.2 Å². The molecule has 1 amide bonds. The molecule has 138 valence electrons. The van der Waals surface area contributed by atoms with Gasteiger partial charge in [-0.25, -0.2) is 0 Å². The lowest BCUT2D eigenvalue weighted by Gasteiger charge is -2.11. The van der Waals surface area contributed by atoms with E-state index >= 15 is 0 Å². The number of methoxy groups -OCH3 is 2. The highest BCUT2D eigenvalue weighted by Gasteiger charge is 2.21. The van der Waals surface area contributed by atoms with E-state index in [1.165, 1.54) is 26.4 Å². The van der Waals surface area contributed by atoms with E-state index in [-0.39, 0.29) is 41.0 Å². The largest absolute Gasteiger partial charge is 0.493 e. The minimum atomic E-state index is -0.618. The first-order valence-electron chi connectivity index (χ1n) is 7.92. The summed E-state index contributed by atoms with van der Waals surface area (Å²) >= 11 is 0. The van der Waals surface area contributed by atoms with Gasteiger partial charge in [0.1, 0.15) is 11.6 Å². The lowest BCUT2D eigenvalue weighted by Crippen LogP contribution is -2.32. The molecule has 0 radical (unpaired) electrons. The third kappa shape index (κ3) is 4.49. The normalized spacial score (nSPS) is 16.7. The van der Waals surface area contributed by atoms with Gasteiger partial charge in [0.05, 0.1) is 36.9 Å². The number of hydrogen-bond acceptors (Lipinski definition) is 7. The van der Waals surface area contributed by atoms with Crippen LogP contribution in [-0.4, -0.2) is 44.3 Å². The van der Waals surface area contributed by atoms with Crippen LogP contribution in [-0.2, 0) is 9.53 Å². The van der Waals surface area contributed by atoms with E-state index in [1.54, 1.807) is 6.07 Å². The predicted octanol–water partition coefficient (Wildman–Crippen LogP) is 1.81. The molecular weight excluding hydrogens is 342 g/mol. The summed E-state index contributed by atoms with van der Waals surface area (Å²) in [5.74, 6) is -0.189. The number of nitro groups is 1. The number of benzene rings is 1. The van der Waals surface area contributed by atoms with Crippen molar-refractivity contribution in [1.29, 1.82) is 5.26 Å². The van der Waals surface area contributed by atoms with Crippen molar-refractivity contribution in [2.45, 2.75) is 18.9 Å². The van der Waals surface area contributed by atoms with Crippen LogP contribution in [0.1, 0.15) is 18.4 Å². The Morgan fingerprint density at radius 3 is 2.69 bits per heavy atom. The molecule has 1 saturated heterocycles. The second-order valence-corrected chi connectivity index (χ2v) is 5.54. The van der Waals surface area contributed by atoms with Gasteiger partial charge in [-0.15, -0.1) is 0 Å². The zero-order valence-electron chi connectivity index (χ0n) is 14.5. The Balaban J connectivity index is 2.29. The highest BCUT2D eigenvalue weighted by molar-refractivity contribution is 6.02. The molecule has 1 aromatic rings. The molecule has 2 rings (SSSR count). The Kier molecular flexibility index (Phi) is 6.52. The number of hydrogen-bond donors (Lipinski definition) is 1. The highest BCUT2D eigenvalue weighted by Crippen LogP contribution is 2.35. The molecule has 0 spiro atoms. The van der Waals surface area contributed by atoms with Crippen molar-refractivity contribution in [2.24, 2.45) is 0 Å². The van der Waals surface area contributed by atoms with E-state index in [0.717, 1.165) is 18.9 Å². The first-order valence-corrected chi connectivity index (χ1v) is 7.92. The molecule has 1 aliphatic rings. The van der Waals surface area contributed by atoms with Crippen LogP contribution in [0.5, 0.6) is 11.5 Å². The fourth-order valence-electron chi connectivity index (χ4n) is 2.57. The van der Waals surface area contributed by atoms with Crippen molar-refractivity contribution < 1.29 is 23.9 Å². The molecule has 0 bridgehead atoms. The van der Waals surface area contributed by atoms with E-state index in [1.807, 2.05) is 0 Å². The topological polar surface area (TPSA) is 124 Å². The molecule has 0 aromatic heterocycles. The summed E-state index contributed by atoms with van der Waals surface area (Å²) < 4.78 is 15.6. The number of rotatable bonds is 7. The van der Waals surface area contributed by atoms with Gasteiger partial charge in [-0.3, -0.25) is 14.9 Å². The molecule has 1 N–H and O–H groups in total. The molecule has 0 saturated carbocycles. The van der Waals surface area contributed by atoms with Crippen molar-refractivity contribution in [2.75, 3.05) is 27.4 Å². The molecule has 1 fully saturated rings. The monoisotopic (exact) mass is 361 g/mol. The minimum absolute atomic E-state index is 0.0662. The van der Waals surface area contributed by atoms with E-state index in [9.17, 15) is 20.2 Å². The first kappa shape index (κ1) is 19.2. The summed E-state index contributed by atoms with van der Waals surface area (Å²) in [5.41, 5.74) is -0.489. The molecule has 1 atom stereocenters. The van der Waals surface area contributed by atoms with Crippen LogP contribution in [0.4, 0.5) is 5.69 Å². The van der Waals surface area contributed by atoms with Crippen molar-refractivity contribution in [3.63, 3.8) is 0 Å². The maximum absolute atomic E-state index is 12.2. The van der Waals surface area contributed by atoms with Crippen LogP contribution >= 0.6 is 0 Å². The van der Waals surface area contributed by atoms with Crippen LogP contribution < -0.4 is 14.8 Å². The van der Waals surface area contributed by atoms with Gasteiger partial charge in [0.15, 0.2) is 11.5 Å². The van der Waals surface area contributed by atoms with Crippen molar-refractivity contribution in [1.82, 2.24) is 5.32 Å². The first-order chi connectivity index (χ1) is 12.5. The Labute approximate surface area is 150 Å². The maximum Gasteiger partial charge on any atom is 0.280 e. The molecule has 1 aromatic carbocycles. The average Bonchev–Trinajstić information content (AvgIpc) is 3.16. The third-order valence-corrected chi connectivity index (χ3v) is 3.91. The summed E-state index contributed by atoms with van der Waals surface area (Å²) in [6.45, 7) is 0.936.